The molecular weight excluding hydrogens is 256 g/mol. The van der Waals surface area contributed by atoms with Gasteiger partial charge in [0, 0.05) is 30.3 Å². The van der Waals surface area contributed by atoms with E-state index < -0.39 is 4.92 Å². The molecule has 0 bridgehead atoms. The Hall–Kier alpha value is -2.37. The van der Waals surface area contributed by atoms with Gasteiger partial charge < -0.3 is 5.73 Å². The number of nitro groups is 1. The minimum Gasteiger partial charge on any atom is -0.384 e. The van der Waals surface area contributed by atoms with Gasteiger partial charge in [0.1, 0.15) is 5.82 Å². The fraction of sp³-hybridized carbons (Fsp3) is 0.357. The van der Waals surface area contributed by atoms with Gasteiger partial charge in [0.2, 0.25) is 0 Å². The van der Waals surface area contributed by atoms with Crippen LogP contribution in [0.5, 0.6) is 0 Å². The summed E-state index contributed by atoms with van der Waals surface area (Å²) in [6.45, 7) is 3.93. The van der Waals surface area contributed by atoms with Crippen molar-refractivity contribution in [3.63, 3.8) is 0 Å². The van der Waals surface area contributed by atoms with E-state index in [0.717, 1.165) is 35.2 Å². The molecule has 0 aliphatic rings. The van der Waals surface area contributed by atoms with Crippen molar-refractivity contribution >= 4 is 11.5 Å². The quantitative estimate of drug-likeness (QED) is 0.686. The van der Waals surface area contributed by atoms with E-state index >= 15 is 0 Å². The summed E-state index contributed by atoms with van der Waals surface area (Å²) in [5, 5.41) is 15.3. The Bertz CT molecular complexity index is 661. The number of non-ortho nitro benzene ring substituents is 1. The zero-order valence-corrected chi connectivity index (χ0v) is 11.9. The van der Waals surface area contributed by atoms with E-state index in [-0.39, 0.29) is 5.69 Å². The van der Waals surface area contributed by atoms with Crippen LogP contribution in [0, 0.1) is 17.0 Å². The van der Waals surface area contributed by atoms with E-state index in [1.807, 2.05) is 6.92 Å². The molecule has 0 aliphatic heterocycles. The van der Waals surface area contributed by atoms with Crippen LogP contribution in [0.3, 0.4) is 0 Å². The number of nitrogens with zero attached hydrogens (tertiary/aromatic N) is 3. The molecule has 2 rings (SSSR count). The van der Waals surface area contributed by atoms with E-state index in [1.165, 1.54) is 6.07 Å². The van der Waals surface area contributed by atoms with Gasteiger partial charge in [0.05, 0.1) is 10.6 Å². The van der Waals surface area contributed by atoms with Crippen molar-refractivity contribution in [2.45, 2.75) is 26.7 Å². The molecule has 0 spiro atoms. The number of anilines is 1. The fourth-order valence-electron chi connectivity index (χ4n) is 2.32. The molecule has 6 nitrogen and oxygen atoms in total. The van der Waals surface area contributed by atoms with E-state index in [4.69, 9.17) is 5.73 Å². The summed E-state index contributed by atoms with van der Waals surface area (Å²) >= 11 is 0. The molecule has 1 heterocycles. The average Bonchev–Trinajstić information content (AvgIpc) is 2.67. The van der Waals surface area contributed by atoms with Gasteiger partial charge in [-0.1, -0.05) is 13.3 Å². The number of aromatic nitrogens is 2. The monoisotopic (exact) mass is 274 g/mol. The van der Waals surface area contributed by atoms with Crippen LogP contribution in [0.1, 0.15) is 24.5 Å². The highest BCUT2D eigenvalue weighted by Gasteiger charge is 2.18. The fourth-order valence-corrected chi connectivity index (χ4v) is 2.32. The summed E-state index contributed by atoms with van der Waals surface area (Å²) < 4.78 is 1.65. The lowest BCUT2D eigenvalue weighted by Crippen LogP contribution is -1.99. The Morgan fingerprint density at radius 3 is 2.70 bits per heavy atom. The van der Waals surface area contributed by atoms with E-state index in [1.54, 1.807) is 23.9 Å². The number of nitrogens with two attached hydrogens (primary N) is 1. The maximum atomic E-state index is 10.8. The van der Waals surface area contributed by atoms with Crippen molar-refractivity contribution in [3.8, 4) is 11.3 Å². The molecule has 0 radical (unpaired) electrons. The summed E-state index contributed by atoms with van der Waals surface area (Å²) in [5.74, 6) is 0.652. The number of nitro benzene ring substituents is 1. The SMILES string of the molecule is CCCc1c(-c2ccc([N+](=O)[O-])cc2C)nn(C)c1N. The first-order valence-electron chi connectivity index (χ1n) is 6.52. The molecule has 20 heavy (non-hydrogen) atoms. The van der Waals surface area contributed by atoms with E-state index in [9.17, 15) is 10.1 Å². The molecular formula is C14H18N4O2. The van der Waals surface area contributed by atoms with Crippen LogP contribution >= 0.6 is 0 Å². The van der Waals surface area contributed by atoms with Crippen molar-refractivity contribution in [1.82, 2.24) is 9.78 Å². The van der Waals surface area contributed by atoms with Crippen molar-refractivity contribution in [2.75, 3.05) is 5.73 Å². The second-order valence-electron chi connectivity index (χ2n) is 4.84. The minimum atomic E-state index is -0.392. The normalized spacial score (nSPS) is 10.8. The minimum absolute atomic E-state index is 0.0900. The van der Waals surface area contributed by atoms with Crippen molar-refractivity contribution in [3.05, 3.63) is 39.4 Å². The van der Waals surface area contributed by atoms with E-state index in [2.05, 4.69) is 12.0 Å². The summed E-state index contributed by atoms with van der Waals surface area (Å²) in [6, 6.07) is 4.81. The van der Waals surface area contributed by atoms with Gasteiger partial charge in [-0.25, -0.2) is 0 Å². The van der Waals surface area contributed by atoms with Gasteiger partial charge in [0.15, 0.2) is 0 Å². The van der Waals surface area contributed by atoms with Gasteiger partial charge >= 0.3 is 0 Å². The molecule has 2 N–H and O–H groups in total. The number of nitrogen functional groups attached to an aromatic ring is 1. The molecule has 0 saturated heterocycles. The highest BCUT2D eigenvalue weighted by atomic mass is 16.6. The molecule has 0 amide bonds. The summed E-state index contributed by atoms with van der Waals surface area (Å²) in [7, 11) is 1.80. The van der Waals surface area contributed by atoms with Crippen LogP contribution in [0.25, 0.3) is 11.3 Å². The Balaban J connectivity index is 2.57. The van der Waals surface area contributed by atoms with Gasteiger partial charge in [-0.05, 0) is 25.0 Å². The lowest BCUT2D eigenvalue weighted by Gasteiger charge is -2.05. The number of hydrogen-bond donors (Lipinski definition) is 1. The van der Waals surface area contributed by atoms with Gasteiger partial charge in [0.25, 0.3) is 5.69 Å². The summed E-state index contributed by atoms with van der Waals surface area (Å²) in [5.41, 5.74) is 9.69. The molecule has 1 aromatic heterocycles. The predicted octanol–water partition coefficient (Wildman–Crippen LogP) is 2.84. The molecule has 106 valence electrons. The summed E-state index contributed by atoms with van der Waals surface area (Å²) in [6.07, 6.45) is 1.81. The number of aryl methyl sites for hydroxylation is 2. The molecule has 0 aliphatic carbocycles. The molecule has 0 unspecified atom stereocenters. The number of hydrogen-bond acceptors (Lipinski definition) is 4. The second-order valence-corrected chi connectivity index (χ2v) is 4.84. The molecule has 0 fully saturated rings. The standard InChI is InChI=1S/C14H18N4O2/c1-4-5-12-13(16-17(3)14(12)15)11-7-6-10(18(19)20)8-9(11)2/h6-8H,4-5,15H2,1-3H3. The molecule has 0 saturated carbocycles. The first-order valence-corrected chi connectivity index (χ1v) is 6.52. The van der Waals surface area contributed by atoms with E-state index in [0.29, 0.717) is 5.82 Å². The summed E-state index contributed by atoms with van der Waals surface area (Å²) in [4.78, 5) is 10.4. The maximum Gasteiger partial charge on any atom is 0.269 e. The molecule has 1 aromatic carbocycles. The van der Waals surface area contributed by atoms with Crippen LogP contribution in [0.15, 0.2) is 18.2 Å². The highest BCUT2D eigenvalue weighted by molar-refractivity contribution is 5.72. The average molecular weight is 274 g/mol. The lowest BCUT2D eigenvalue weighted by molar-refractivity contribution is -0.384. The van der Waals surface area contributed by atoms with Gasteiger partial charge in [-0.2, -0.15) is 5.10 Å². The molecule has 6 heteroatoms. The Kier molecular flexibility index (Phi) is 3.74. The third-order valence-corrected chi connectivity index (χ3v) is 3.37. The highest BCUT2D eigenvalue weighted by Crippen LogP contribution is 2.31. The Morgan fingerprint density at radius 2 is 2.15 bits per heavy atom. The molecule has 0 atom stereocenters. The lowest BCUT2D eigenvalue weighted by atomic mass is 9.99. The Labute approximate surface area is 117 Å². The van der Waals surface area contributed by atoms with Crippen molar-refractivity contribution in [1.29, 1.82) is 0 Å². The van der Waals surface area contributed by atoms with Gasteiger partial charge in [-0.3, -0.25) is 14.8 Å². The Morgan fingerprint density at radius 1 is 1.45 bits per heavy atom. The van der Waals surface area contributed by atoms with Crippen LogP contribution < -0.4 is 5.73 Å². The number of benzene rings is 1. The molecule has 2 aromatic rings. The third-order valence-electron chi connectivity index (χ3n) is 3.37. The predicted molar refractivity (Wildman–Crippen MR) is 78.4 cm³/mol. The largest absolute Gasteiger partial charge is 0.384 e. The number of rotatable bonds is 4. The zero-order chi connectivity index (χ0) is 14.9. The topological polar surface area (TPSA) is 87.0 Å². The van der Waals surface area contributed by atoms with Crippen LogP contribution in [-0.4, -0.2) is 14.7 Å². The van der Waals surface area contributed by atoms with Gasteiger partial charge in [-0.15, -0.1) is 0 Å². The second kappa shape index (κ2) is 5.32. The van der Waals surface area contributed by atoms with Crippen LogP contribution in [0.2, 0.25) is 0 Å². The maximum absolute atomic E-state index is 10.8. The van der Waals surface area contributed by atoms with Crippen LogP contribution in [0.4, 0.5) is 11.5 Å². The third kappa shape index (κ3) is 2.36. The zero-order valence-electron chi connectivity index (χ0n) is 11.9. The van der Waals surface area contributed by atoms with Crippen LogP contribution in [-0.2, 0) is 13.5 Å². The first kappa shape index (κ1) is 14.0. The van der Waals surface area contributed by atoms with Crippen molar-refractivity contribution in [2.24, 2.45) is 7.05 Å². The van der Waals surface area contributed by atoms with Crippen molar-refractivity contribution < 1.29 is 4.92 Å². The first-order chi connectivity index (χ1) is 9.45. The smallest absolute Gasteiger partial charge is 0.269 e.